The molecule has 0 unspecified atom stereocenters. The fraction of sp³-hybridized carbons (Fsp3) is 0.581. The van der Waals surface area contributed by atoms with Crippen LogP contribution in [0, 0.1) is 5.92 Å². The Morgan fingerprint density at radius 3 is 1.89 bits per heavy atom. The number of aldehydes is 1. The van der Waals surface area contributed by atoms with Crippen LogP contribution in [0.5, 0.6) is 0 Å². The van der Waals surface area contributed by atoms with E-state index in [1.807, 2.05) is 6.92 Å². The number of ether oxygens (including phenoxy) is 1. The molecule has 0 aromatic heterocycles. The van der Waals surface area contributed by atoms with Crippen molar-refractivity contribution >= 4 is 33.3 Å². The van der Waals surface area contributed by atoms with Gasteiger partial charge in [0, 0.05) is 12.3 Å². The molecule has 0 saturated carbocycles. The van der Waals surface area contributed by atoms with Crippen LogP contribution < -0.4 is 10.4 Å². The molecule has 3 rings (SSSR count). The van der Waals surface area contributed by atoms with E-state index < -0.39 is 16.6 Å². The Morgan fingerprint density at radius 1 is 0.946 bits per heavy atom. The third-order valence-electron chi connectivity index (χ3n) is 8.35. The molecular formula is C31H48O4Si2. The van der Waals surface area contributed by atoms with Gasteiger partial charge >= 0.3 is 0 Å². The first-order chi connectivity index (χ1) is 17.6. The van der Waals surface area contributed by atoms with Crippen LogP contribution in [-0.2, 0) is 18.4 Å². The number of benzene rings is 2. The Hall–Kier alpha value is -1.58. The summed E-state index contributed by atoms with van der Waals surface area (Å²) in [5, 5.41) is 2.48. The van der Waals surface area contributed by atoms with Crippen LogP contribution in [0.4, 0.5) is 0 Å². The van der Waals surface area contributed by atoms with Crippen LogP contribution in [0.2, 0.25) is 23.2 Å². The van der Waals surface area contributed by atoms with Crippen molar-refractivity contribution in [2.45, 2.75) is 103 Å². The van der Waals surface area contributed by atoms with E-state index in [0.717, 1.165) is 30.8 Å². The minimum Gasteiger partial charge on any atom is -0.411 e. The second-order valence-corrected chi connectivity index (χ2v) is 20.8. The summed E-state index contributed by atoms with van der Waals surface area (Å²) >= 11 is 0. The van der Waals surface area contributed by atoms with Crippen LogP contribution >= 0.6 is 0 Å². The first kappa shape index (κ1) is 30.0. The Balaban J connectivity index is 1.91. The minimum absolute atomic E-state index is 0.0293. The summed E-state index contributed by atoms with van der Waals surface area (Å²) in [7, 11) is -4.45. The predicted molar refractivity (Wildman–Crippen MR) is 159 cm³/mol. The van der Waals surface area contributed by atoms with Crippen molar-refractivity contribution in [2.75, 3.05) is 6.61 Å². The molecule has 0 spiro atoms. The maximum Gasteiger partial charge on any atom is 0.261 e. The molecule has 37 heavy (non-hydrogen) atoms. The molecule has 204 valence electrons. The summed E-state index contributed by atoms with van der Waals surface area (Å²) in [5.41, 5.74) is 0. The average molecular weight is 541 g/mol. The highest BCUT2D eigenvalue weighted by Gasteiger charge is 2.51. The van der Waals surface area contributed by atoms with Gasteiger partial charge in [-0.05, 0) is 40.0 Å². The zero-order chi connectivity index (χ0) is 27.1. The van der Waals surface area contributed by atoms with Gasteiger partial charge in [-0.15, -0.1) is 0 Å². The molecule has 4 atom stereocenters. The van der Waals surface area contributed by atoms with Crippen molar-refractivity contribution in [3.63, 3.8) is 0 Å². The van der Waals surface area contributed by atoms with Crippen molar-refractivity contribution in [3.8, 4) is 0 Å². The summed E-state index contributed by atoms with van der Waals surface area (Å²) in [4.78, 5) is 11.5. The van der Waals surface area contributed by atoms with Crippen molar-refractivity contribution in [1.82, 2.24) is 0 Å². The van der Waals surface area contributed by atoms with E-state index in [1.165, 1.54) is 10.4 Å². The van der Waals surface area contributed by atoms with Gasteiger partial charge in [-0.3, -0.25) is 0 Å². The molecule has 1 heterocycles. The highest BCUT2D eigenvalue weighted by Crippen LogP contribution is 2.38. The van der Waals surface area contributed by atoms with E-state index in [0.29, 0.717) is 13.0 Å². The fourth-order valence-electron chi connectivity index (χ4n) is 5.96. The molecule has 1 fully saturated rings. The largest absolute Gasteiger partial charge is 0.411 e. The lowest BCUT2D eigenvalue weighted by Crippen LogP contribution is -2.67. The molecule has 1 saturated heterocycles. The molecule has 2 aromatic carbocycles. The lowest BCUT2D eigenvalue weighted by molar-refractivity contribution is -0.112. The summed E-state index contributed by atoms with van der Waals surface area (Å²) in [6.07, 6.45) is 2.48. The SMILES string of the molecule is CC[Si](CC)(CC)O[C@H]1C[C@H](CO[Si](c2ccccc2)(c2ccccc2)C(C)(C)C)O[C@H]1C[C@H](C)C=O. The van der Waals surface area contributed by atoms with Crippen molar-refractivity contribution < 1.29 is 18.4 Å². The van der Waals surface area contributed by atoms with Gasteiger partial charge in [0.1, 0.15) is 6.29 Å². The van der Waals surface area contributed by atoms with Gasteiger partial charge in [-0.2, -0.15) is 0 Å². The smallest absolute Gasteiger partial charge is 0.261 e. The Kier molecular flexibility index (Phi) is 10.5. The van der Waals surface area contributed by atoms with Gasteiger partial charge in [0.15, 0.2) is 8.32 Å². The van der Waals surface area contributed by atoms with Crippen LogP contribution in [0.25, 0.3) is 0 Å². The molecule has 0 radical (unpaired) electrons. The molecule has 4 nitrogen and oxygen atoms in total. The molecular weight excluding hydrogens is 493 g/mol. The predicted octanol–water partition coefficient (Wildman–Crippen LogP) is 6.34. The summed E-state index contributed by atoms with van der Waals surface area (Å²) < 4.78 is 20.8. The second-order valence-electron chi connectivity index (χ2n) is 11.8. The van der Waals surface area contributed by atoms with E-state index in [-0.39, 0.29) is 29.3 Å². The highest BCUT2D eigenvalue weighted by molar-refractivity contribution is 6.99. The van der Waals surface area contributed by atoms with Gasteiger partial charge in [0.05, 0.1) is 24.9 Å². The van der Waals surface area contributed by atoms with Crippen molar-refractivity contribution in [2.24, 2.45) is 5.92 Å². The van der Waals surface area contributed by atoms with Gasteiger partial charge in [-0.25, -0.2) is 0 Å². The normalized spacial score (nSPS) is 21.6. The molecule has 1 aliphatic rings. The molecule has 0 amide bonds. The number of hydrogen-bond acceptors (Lipinski definition) is 4. The number of hydrogen-bond donors (Lipinski definition) is 0. The van der Waals surface area contributed by atoms with Crippen LogP contribution in [0.1, 0.15) is 61.3 Å². The third-order valence-corrected chi connectivity index (χ3v) is 18.0. The summed E-state index contributed by atoms with van der Waals surface area (Å²) in [6, 6.07) is 24.8. The average Bonchev–Trinajstić information content (AvgIpc) is 3.28. The van der Waals surface area contributed by atoms with Gasteiger partial charge in [-0.1, -0.05) is 109 Å². The lowest BCUT2D eigenvalue weighted by atomic mass is 10.0. The maximum atomic E-state index is 11.5. The van der Waals surface area contributed by atoms with Gasteiger partial charge in [0.2, 0.25) is 0 Å². The van der Waals surface area contributed by atoms with E-state index in [2.05, 4.69) is 102 Å². The van der Waals surface area contributed by atoms with Gasteiger partial charge < -0.3 is 18.4 Å². The maximum absolute atomic E-state index is 11.5. The highest BCUT2D eigenvalue weighted by atomic mass is 28.4. The Bertz CT molecular complexity index is 908. The van der Waals surface area contributed by atoms with Crippen molar-refractivity contribution in [3.05, 3.63) is 60.7 Å². The van der Waals surface area contributed by atoms with Crippen molar-refractivity contribution in [1.29, 1.82) is 0 Å². The van der Waals surface area contributed by atoms with E-state index in [4.69, 9.17) is 13.6 Å². The molecule has 0 aliphatic carbocycles. The van der Waals surface area contributed by atoms with Crippen LogP contribution in [0.3, 0.4) is 0 Å². The van der Waals surface area contributed by atoms with E-state index >= 15 is 0 Å². The molecule has 0 N–H and O–H groups in total. The summed E-state index contributed by atoms with van der Waals surface area (Å²) in [5.74, 6) is -0.0478. The molecule has 0 bridgehead atoms. The first-order valence-corrected chi connectivity index (χ1v) is 18.6. The Labute approximate surface area is 227 Å². The fourth-order valence-corrected chi connectivity index (χ4v) is 13.4. The zero-order valence-electron chi connectivity index (χ0n) is 24.0. The molecule has 1 aliphatic heterocycles. The minimum atomic E-state index is -2.64. The second kappa shape index (κ2) is 13.0. The Morgan fingerprint density at radius 2 is 1.46 bits per heavy atom. The number of rotatable bonds is 13. The third kappa shape index (κ3) is 6.71. The molecule has 2 aromatic rings. The topological polar surface area (TPSA) is 44.8 Å². The monoisotopic (exact) mass is 540 g/mol. The van der Waals surface area contributed by atoms with E-state index in [9.17, 15) is 4.79 Å². The first-order valence-electron chi connectivity index (χ1n) is 14.2. The number of carbonyl (C=O) groups excluding carboxylic acids is 1. The summed E-state index contributed by atoms with van der Waals surface area (Å²) in [6.45, 7) is 16.2. The van der Waals surface area contributed by atoms with Crippen LogP contribution in [-0.4, -0.2) is 47.8 Å². The standard InChI is InChI=1S/C31H48O4Si2/c1-8-36(9-2,10-3)35-30-22-26(34-29(30)21-25(4)23-32)24-33-37(31(5,6)7,27-17-13-11-14-18-27)28-19-15-12-16-20-28/h11-20,23,25-26,29-30H,8-10,21-22,24H2,1-7H3/t25-,26+,29-,30-/m0/s1. The molecule has 6 heteroatoms. The number of carbonyl (C=O) groups is 1. The van der Waals surface area contributed by atoms with E-state index in [1.54, 1.807) is 0 Å². The lowest BCUT2D eigenvalue weighted by Gasteiger charge is -2.43. The van der Waals surface area contributed by atoms with Gasteiger partial charge in [0.25, 0.3) is 8.32 Å². The quantitative estimate of drug-likeness (QED) is 0.220. The zero-order valence-corrected chi connectivity index (χ0v) is 26.0. The van der Waals surface area contributed by atoms with Crippen LogP contribution in [0.15, 0.2) is 60.7 Å².